The van der Waals surface area contributed by atoms with Crippen LogP contribution in [0.15, 0.2) is 52.2 Å². The molecule has 0 fully saturated rings. The van der Waals surface area contributed by atoms with Crippen molar-refractivity contribution in [1.29, 1.82) is 0 Å². The van der Waals surface area contributed by atoms with Crippen LogP contribution in [-0.4, -0.2) is 13.4 Å². The second kappa shape index (κ2) is 4.68. The molecular weight excluding hydrogens is 240 g/mol. The van der Waals surface area contributed by atoms with Gasteiger partial charge in [-0.15, -0.1) is 0 Å². The lowest BCUT2D eigenvalue weighted by Gasteiger charge is -2.11. The van der Waals surface area contributed by atoms with Crippen molar-refractivity contribution in [3.05, 3.63) is 48.6 Å². The Bertz CT molecular complexity index is 564. The fourth-order valence-electron chi connectivity index (χ4n) is 1.39. The lowest BCUT2D eigenvalue weighted by molar-refractivity contribution is 0.459. The minimum Gasteiger partial charge on any atom is -0.468 e. The van der Waals surface area contributed by atoms with Crippen LogP contribution in [0.1, 0.15) is 18.7 Å². The highest BCUT2D eigenvalue weighted by Gasteiger charge is 2.20. The fraction of sp³-hybridized carbons (Fsp3) is 0.182. The Kier molecular flexibility index (Phi) is 3.26. The van der Waals surface area contributed by atoms with Crippen LogP contribution in [0.5, 0.6) is 0 Å². The van der Waals surface area contributed by atoms with Gasteiger partial charge in [-0.05, 0) is 31.2 Å². The summed E-state index contributed by atoms with van der Waals surface area (Å²) in [7, 11) is -3.61. The van der Waals surface area contributed by atoms with Gasteiger partial charge in [-0.3, -0.25) is 0 Å². The van der Waals surface area contributed by atoms with E-state index < -0.39 is 16.1 Å². The predicted molar refractivity (Wildman–Crippen MR) is 61.7 cm³/mol. The van der Waals surface area contributed by atoms with Crippen LogP contribution in [0.2, 0.25) is 0 Å². The van der Waals surface area contributed by atoms with Crippen LogP contribution in [0, 0.1) is 0 Å². The van der Waals surface area contributed by atoms with E-state index in [2.05, 4.69) is 9.71 Å². The van der Waals surface area contributed by atoms with Gasteiger partial charge in [0.25, 0.3) is 10.0 Å². The molecule has 0 bridgehead atoms. The number of nitrogens with zero attached hydrogens (tertiary/aromatic N) is 1. The quantitative estimate of drug-likeness (QED) is 0.899. The normalized spacial score (nSPS) is 13.5. The fourth-order valence-corrected chi connectivity index (χ4v) is 2.55. The Labute approximate surface area is 99.5 Å². The van der Waals surface area contributed by atoms with Crippen LogP contribution in [0.4, 0.5) is 0 Å². The first-order valence-corrected chi connectivity index (χ1v) is 6.55. The standard InChI is InChI=1S/C11H12N2O3S/c1-9(10-5-4-8-16-10)13-17(14,15)11-6-2-3-7-12-11/h2-9,13H,1H3/t9-/m0/s1. The highest BCUT2D eigenvalue weighted by molar-refractivity contribution is 7.89. The molecule has 0 aliphatic rings. The first kappa shape index (κ1) is 11.8. The zero-order valence-corrected chi connectivity index (χ0v) is 10.0. The third-order valence-electron chi connectivity index (χ3n) is 2.21. The molecule has 0 aromatic carbocycles. The molecule has 1 N–H and O–H groups in total. The van der Waals surface area contributed by atoms with E-state index in [1.54, 1.807) is 31.2 Å². The zero-order valence-electron chi connectivity index (χ0n) is 9.20. The van der Waals surface area contributed by atoms with E-state index in [0.717, 1.165) is 0 Å². The maximum absolute atomic E-state index is 11.9. The SMILES string of the molecule is C[C@H](NS(=O)(=O)c1ccccn1)c1ccco1. The van der Waals surface area contributed by atoms with Crippen molar-refractivity contribution in [1.82, 2.24) is 9.71 Å². The highest BCUT2D eigenvalue weighted by Crippen LogP contribution is 2.15. The van der Waals surface area contributed by atoms with E-state index in [9.17, 15) is 8.42 Å². The molecule has 0 radical (unpaired) electrons. The summed E-state index contributed by atoms with van der Waals surface area (Å²) >= 11 is 0. The van der Waals surface area contributed by atoms with Crippen molar-refractivity contribution in [3.63, 3.8) is 0 Å². The van der Waals surface area contributed by atoms with Crippen LogP contribution < -0.4 is 4.72 Å². The van der Waals surface area contributed by atoms with E-state index in [4.69, 9.17) is 4.42 Å². The van der Waals surface area contributed by atoms with Gasteiger partial charge in [0.2, 0.25) is 0 Å². The lowest BCUT2D eigenvalue weighted by Crippen LogP contribution is -2.27. The summed E-state index contributed by atoms with van der Waals surface area (Å²) in [6.45, 7) is 1.71. The summed E-state index contributed by atoms with van der Waals surface area (Å²) in [5.74, 6) is 0.560. The molecule has 0 aliphatic carbocycles. The Morgan fingerprint density at radius 2 is 2.12 bits per heavy atom. The number of aromatic nitrogens is 1. The van der Waals surface area contributed by atoms with Gasteiger partial charge in [0.1, 0.15) is 5.76 Å². The molecule has 5 nitrogen and oxygen atoms in total. The topological polar surface area (TPSA) is 72.2 Å². The van der Waals surface area contributed by atoms with Gasteiger partial charge in [-0.1, -0.05) is 6.07 Å². The summed E-state index contributed by atoms with van der Waals surface area (Å²) in [5, 5.41) is -0.00148. The smallest absolute Gasteiger partial charge is 0.258 e. The third-order valence-corrected chi connectivity index (χ3v) is 3.67. The molecule has 2 aromatic rings. The van der Waals surface area contributed by atoms with Crippen molar-refractivity contribution in [2.24, 2.45) is 0 Å². The molecule has 0 saturated heterocycles. The average molecular weight is 252 g/mol. The van der Waals surface area contributed by atoms with Crippen molar-refractivity contribution in [2.45, 2.75) is 18.0 Å². The van der Waals surface area contributed by atoms with Gasteiger partial charge in [0.15, 0.2) is 5.03 Å². The summed E-state index contributed by atoms with van der Waals surface area (Å²) in [6.07, 6.45) is 2.94. The first-order chi connectivity index (χ1) is 8.09. The molecule has 0 spiro atoms. The summed E-state index contributed by atoms with van der Waals surface area (Å²) < 4.78 is 31.5. The molecule has 1 atom stereocenters. The van der Waals surface area contributed by atoms with Gasteiger partial charge >= 0.3 is 0 Å². The molecule has 90 valence electrons. The minimum atomic E-state index is -3.61. The van der Waals surface area contributed by atoms with E-state index in [1.807, 2.05) is 0 Å². The molecular formula is C11H12N2O3S. The largest absolute Gasteiger partial charge is 0.468 e. The highest BCUT2D eigenvalue weighted by atomic mass is 32.2. The Balaban J connectivity index is 2.19. The maximum atomic E-state index is 11.9. The second-order valence-electron chi connectivity index (χ2n) is 3.53. The van der Waals surface area contributed by atoms with Crippen molar-refractivity contribution in [3.8, 4) is 0 Å². The number of hydrogen-bond donors (Lipinski definition) is 1. The Hall–Kier alpha value is -1.66. The van der Waals surface area contributed by atoms with Crippen LogP contribution in [0.3, 0.4) is 0 Å². The molecule has 6 heteroatoms. The van der Waals surface area contributed by atoms with E-state index in [1.165, 1.54) is 18.5 Å². The van der Waals surface area contributed by atoms with Gasteiger partial charge < -0.3 is 4.42 Å². The van der Waals surface area contributed by atoms with E-state index >= 15 is 0 Å². The minimum absolute atomic E-state index is 0.00148. The van der Waals surface area contributed by atoms with Gasteiger partial charge in [-0.25, -0.2) is 13.4 Å². The van der Waals surface area contributed by atoms with Crippen molar-refractivity contribution >= 4 is 10.0 Å². The van der Waals surface area contributed by atoms with Crippen molar-refractivity contribution in [2.75, 3.05) is 0 Å². The predicted octanol–water partition coefficient (Wildman–Crippen LogP) is 1.71. The summed E-state index contributed by atoms with van der Waals surface area (Å²) in [5.41, 5.74) is 0. The molecule has 0 aliphatic heterocycles. The molecule has 2 heterocycles. The first-order valence-electron chi connectivity index (χ1n) is 5.06. The van der Waals surface area contributed by atoms with E-state index in [-0.39, 0.29) is 5.03 Å². The molecule has 2 rings (SSSR count). The van der Waals surface area contributed by atoms with Gasteiger partial charge in [-0.2, -0.15) is 4.72 Å². The number of rotatable bonds is 4. The molecule has 0 amide bonds. The molecule has 0 saturated carbocycles. The number of pyridine rings is 1. The Morgan fingerprint density at radius 3 is 2.71 bits per heavy atom. The number of sulfonamides is 1. The van der Waals surface area contributed by atoms with Gasteiger partial charge in [0.05, 0.1) is 12.3 Å². The molecule has 2 aromatic heterocycles. The third kappa shape index (κ3) is 2.72. The summed E-state index contributed by atoms with van der Waals surface area (Å²) in [4.78, 5) is 3.80. The monoisotopic (exact) mass is 252 g/mol. The van der Waals surface area contributed by atoms with Crippen LogP contribution >= 0.6 is 0 Å². The summed E-state index contributed by atoms with van der Waals surface area (Å²) in [6, 6.07) is 7.72. The molecule has 17 heavy (non-hydrogen) atoms. The number of furan rings is 1. The second-order valence-corrected chi connectivity index (χ2v) is 5.19. The molecule has 0 unspecified atom stereocenters. The van der Waals surface area contributed by atoms with Crippen LogP contribution in [-0.2, 0) is 10.0 Å². The number of hydrogen-bond acceptors (Lipinski definition) is 4. The lowest BCUT2D eigenvalue weighted by atomic mass is 10.3. The maximum Gasteiger partial charge on any atom is 0.258 e. The van der Waals surface area contributed by atoms with Gasteiger partial charge in [0, 0.05) is 6.20 Å². The number of nitrogens with one attached hydrogen (secondary N) is 1. The average Bonchev–Trinajstić information content (AvgIpc) is 2.83. The van der Waals surface area contributed by atoms with E-state index in [0.29, 0.717) is 5.76 Å². The van der Waals surface area contributed by atoms with Crippen molar-refractivity contribution < 1.29 is 12.8 Å². The van der Waals surface area contributed by atoms with Crippen LogP contribution in [0.25, 0.3) is 0 Å². The Morgan fingerprint density at radius 1 is 1.29 bits per heavy atom. The zero-order chi connectivity index (χ0) is 12.3.